The van der Waals surface area contributed by atoms with Crippen molar-refractivity contribution < 1.29 is 0 Å². The van der Waals surface area contributed by atoms with Gasteiger partial charge in [-0.25, -0.2) is 0 Å². The molecule has 4 heteroatoms. The van der Waals surface area contributed by atoms with Crippen molar-refractivity contribution in [2.45, 2.75) is 19.0 Å². The first-order valence-corrected chi connectivity index (χ1v) is 7.31. The van der Waals surface area contributed by atoms with E-state index in [-0.39, 0.29) is 0 Å². The molecule has 1 heterocycles. The van der Waals surface area contributed by atoms with E-state index in [1.54, 1.807) is 0 Å². The zero-order chi connectivity index (χ0) is 13.1. The van der Waals surface area contributed by atoms with Gasteiger partial charge < -0.3 is 10.6 Å². The number of hydrogen-bond donors (Lipinski definition) is 1. The van der Waals surface area contributed by atoms with Crippen LogP contribution in [0.25, 0.3) is 0 Å². The molecule has 0 bridgehead atoms. The Balaban J connectivity index is 2.14. The Labute approximate surface area is 118 Å². The van der Waals surface area contributed by atoms with Crippen molar-refractivity contribution in [3.05, 3.63) is 34.3 Å². The van der Waals surface area contributed by atoms with E-state index in [4.69, 9.17) is 5.73 Å². The van der Waals surface area contributed by atoms with Crippen LogP contribution in [0.3, 0.4) is 0 Å². The van der Waals surface area contributed by atoms with Gasteiger partial charge in [-0.15, -0.1) is 0 Å². The summed E-state index contributed by atoms with van der Waals surface area (Å²) in [7, 11) is 2.17. The molecule has 0 aliphatic carbocycles. The lowest BCUT2D eigenvalue weighted by atomic mass is 10.0. The Hall–Kier alpha value is -0.420. The number of likely N-dealkylation sites (N-methyl/N-ethyl adjacent to an activating group) is 1. The highest BCUT2D eigenvalue weighted by molar-refractivity contribution is 9.10. The van der Waals surface area contributed by atoms with E-state index < -0.39 is 0 Å². The normalized spacial score (nSPS) is 24.1. The molecule has 1 aromatic rings. The molecule has 2 atom stereocenters. The van der Waals surface area contributed by atoms with Crippen molar-refractivity contribution in [1.82, 2.24) is 9.80 Å². The number of halogens is 1. The summed E-state index contributed by atoms with van der Waals surface area (Å²) in [6, 6.07) is 9.45. The van der Waals surface area contributed by atoms with E-state index in [0.29, 0.717) is 12.1 Å². The lowest BCUT2D eigenvalue weighted by Crippen LogP contribution is -2.55. The number of hydrogen-bond acceptors (Lipinski definition) is 3. The van der Waals surface area contributed by atoms with E-state index >= 15 is 0 Å². The van der Waals surface area contributed by atoms with Crippen LogP contribution in [0.2, 0.25) is 0 Å². The number of nitrogens with zero attached hydrogens (tertiary/aromatic N) is 2. The van der Waals surface area contributed by atoms with E-state index in [2.05, 4.69) is 64.0 Å². The molecule has 1 aliphatic heterocycles. The standard InChI is InChI=1S/C14H22BrN3/c1-11(12-4-3-5-13(15)8-12)18-7-6-17(2)10-14(18)9-16/h3-5,8,11,14H,6-7,9-10,16H2,1-2H3. The van der Waals surface area contributed by atoms with E-state index in [1.807, 2.05) is 0 Å². The minimum Gasteiger partial charge on any atom is -0.329 e. The van der Waals surface area contributed by atoms with Gasteiger partial charge in [-0.05, 0) is 31.7 Å². The number of rotatable bonds is 3. The Morgan fingerprint density at radius 1 is 1.44 bits per heavy atom. The van der Waals surface area contributed by atoms with Crippen LogP contribution in [0, 0.1) is 0 Å². The first-order valence-electron chi connectivity index (χ1n) is 6.51. The van der Waals surface area contributed by atoms with Crippen LogP contribution < -0.4 is 5.73 Å². The van der Waals surface area contributed by atoms with Crippen molar-refractivity contribution in [2.24, 2.45) is 5.73 Å². The largest absolute Gasteiger partial charge is 0.329 e. The fourth-order valence-corrected chi connectivity index (χ4v) is 3.12. The van der Waals surface area contributed by atoms with Gasteiger partial charge in [0.2, 0.25) is 0 Å². The molecule has 2 unspecified atom stereocenters. The minimum absolute atomic E-state index is 0.421. The second-order valence-corrected chi connectivity index (χ2v) is 6.04. The summed E-state index contributed by atoms with van der Waals surface area (Å²) in [5.41, 5.74) is 7.28. The molecule has 2 N–H and O–H groups in total. The summed E-state index contributed by atoms with van der Waals surface area (Å²) >= 11 is 3.54. The van der Waals surface area contributed by atoms with Crippen molar-refractivity contribution in [1.29, 1.82) is 0 Å². The van der Waals surface area contributed by atoms with Crippen molar-refractivity contribution in [3.63, 3.8) is 0 Å². The number of benzene rings is 1. The van der Waals surface area contributed by atoms with Crippen LogP contribution in [0.1, 0.15) is 18.5 Å². The van der Waals surface area contributed by atoms with Gasteiger partial charge in [-0.3, -0.25) is 4.90 Å². The third kappa shape index (κ3) is 3.12. The van der Waals surface area contributed by atoms with Gasteiger partial charge in [-0.2, -0.15) is 0 Å². The van der Waals surface area contributed by atoms with Crippen molar-refractivity contribution >= 4 is 15.9 Å². The van der Waals surface area contributed by atoms with Gasteiger partial charge in [0.1, 0.15) is 0 Å². The molecule has 1 fully saturated rings. The molecule has 1 saturated heterocycles. The lowest BCUT2D eigenvalue weighted by Gasteiger charge is -2.43. The molecule has 2 rings (SSSR count). The third-order valence-corrected chi connectivity index (χ3v) is 4.33. The highest BCUT2D eigenvalue weighted by Crippen LogP contribution is 2.26. The third-order valence-electron chi connectivity index (χ3n) is 3.83. The molecule has 18 heavy (non-hydrogen) atoms. The molecule has 0 saturated carbocycles. The lowest BCUT2D eigenvalue weighted by molar-refractivity contribution is 0.0621. The Kier molecular flexibility index (Phi) is 4.78. The molecule has 0 aromatic heterocycles. The Morgan fingerprint density at radius 3 is 2.89 bits per heavy atom. The van der Waals surface area contributed by atoms with E-state index in [1.165, 1.54) is 5.56 Å². The quantitative estimate of drug-likeness (QED) is 0.927. The first-order chi connectivity index (χ1) is 8.61. The second kappa shape index (κ2) is 6.15. The van der Waals surface area contributed by atoms with E-state index in [0.717, 1.165) is 30.7 Å². The van der Waals surface area contributed by atoms with Gasteiger partial charge in [0.05, 0.1) is 0 Å². The number of piperazine rings is 1. The molecule has 0 radical (unpaired) electrons. The maximum absolute atomic E-state index is 5.92. The fourth-order valence-electron chi connectivity index (χ4n) is 2.70. The molecular weight excluding hydrogens is 290 g/mol. The first kappa shape index (κ1) is 14.0. The average Bonchev–Trinajstić information content (AvgIpc) is 2.37. The van der Waals surface area contributed by atoms with Crippen LogP contribution in [0.15, 0.2) is 28.7 Å². The molecule has 0 amide bonds. The molecule has 3 nitrogen and oxygen atoms in total. The molecule has 0 spiro atoms. The van der Waals surface area contributed by atoms with Crippen LogP contribution in [0.5, 0.6) is 0 Å². The molecule has 1 aromatic carbocycles. The zero-order valence-electron chi connectivity index (χ0n) is 11.1. The summed E-state index contributed by atoms with van der Waals surface area (Å²) in [6.45, 7) is 6.27. The maximum Gasteiger partial charge on any atom is 0.0352 e. The summed E-state index contributed by atoms with van der Waals surface area (Å²) in [6.07, 6.45) is 0. The van der Waals surface area contributed by atoms with Crippen LogP contribution >= 0.6 is 15.9 Å². The Bertz CT molecular complexity index is 396. The van der Waals surface area contributed by atoms with Crippen LogP contribution in [-0.4, -0.2) is 49.1 Å². The summed E-state index contributed by atoms with van der Waals surface area (Å²) < 4.78 is 1.14. The number of nitrogens with two attached hydrogens (primary N) is 1. The van der Waals surface area contributed by atoms with Gasteiger partial charge in [0, 0.05) is 42.7 Å². The summed E-state index contributed by atoms with van der Waals surface area (Å²) in [5.74, 6) is 0. The molecule has 100 valence electrons. The van der Waals surface area contributed by atoms with Gasteiger partial charge in [-0.1, -0.05) is 28.1 Å². The van der Waals surface area contributed by atoms with E-state index in [9.17, 15) is 0 Å². The Morgan fingerprint density at radius 2 is 2.22 bits per heavy atom. The topological polar surface area (TPSA) is 32.5 Å². The second-order valence-electron chi connectivity index (χ2n) is 5.12. The summed E-state index contributed by atoms with van der Waals surface area (Å²) in [4.78, 5) is 4.89. The van der Waals surface area contributed by atoms with Gasteiger partial charge in [0.15, 0.2) is 0 Å². The fraction of sp³-hybridized carbons (Fsp3) is 0.571. The minimum atomic E-state index is 0.421. The van der Waals surface area contributed by atoms with Crippen LogP contribution in [-0.2, 0) is 0 Å². The van der Waals surface area contributed by atoms with Crippen molar-refractivity contribution in [3.8, 4) is 0 Å². The predicted octanol–water partition coefficient (Wildman–Crippen LogP) is 2.08. The predicted molar refractivity (Wildman–Crippen MR) is 79.6 cm³/mol. The molecular formula is C14H22BrN3. The highest BCUT2D eigenvalue weighted by atomic mass is 79.9. The average molecular weight is 312 g/mol. The van der Waals surface area contributed by atoms with Crippen LogP contribution in [0.4, 0.5) is 0 Å². The SMILES string of the molecule is CC(c1cccc(Br)c1)N1CCN(C)CC1CN. The molecule has 1 aliphatic rings. The van der Waals surface area contributed by atoms with Crippen molar-refractivity contribution in [2.75, 3.05) is 33.2 Å². The zero-order valence-corrected chi connectivity index (χ0v) is 12.7. The smallest absolute Gasteiger partial charge is 0.0352 e. The monoisotopic (exact) mass is 311 g/mol. The van der Waals surface area contributed by atoms with Gasteiger partial charge >= 0.3 is 0 Å². The summed E-state index contributed by atoms with van der Waals surface area (Å²) in [5, 5.41) is 0. The van der Waals surface area contributed by atoms with Gasteiger partial charge in [0.25, 0.3) is 0 Å². The maximum atomic E-state index is 5.92. The highest BCUT2D eigenvalue weighted by Gasteiger charge is 2.28.